The zero-order chi connectivity index (χ0) is 15.8. The molecule has 0 aromatic heterocycles. The first-order chi connectivity index (χ1) is 10.8. The standard InChI is InChI=1S/C20H33NO/c1-3-5-6-7-9-20-13-17-11-10-16(12-19(17)15-22-20)18(14-21)8-4-2/h10-12,18,20H,3-9,13-15,21H2,1-2H3. The van der Waals surface area contributed by atoms with Crippen LogP contribution in [0, 0.1) is 0 Å². The summed E-state index contributed by atoms with van der Waals surface area (Å²) in [7, 11) is 0. The SMILES string of the molecule is CCCCCCC1Cc2ccc(C(CN)CCC)cc2CO1. The minimum Gasteiger partial charge on any atom is -0.373 e. The highest BCUT2D eigenvalue weighted by Crippen LogP contribution is 2.28. The van der Waals surface area contributed by atoms with Crippen molar-refractivity contribution in [3.8, 4) is 0 Å². The molecule has 0 fully saturated rings. The fourth-order valence-corrected chi connectivity index (χ4v) is 3.50. The normalized spacial score (nSPS) is 19.0. The van der Waals surface area contributed by atoms with Crippen LogP contribution in [0.5, 0.6) is 0 Å². The number of rotatable bonds is 9. The third-order valence-corrected chi connectivity index (χ3v) is 4.93. The smallest absolute Gasteiger partial charge is 0.0723 e. The third kappa shape index (κ3) is 4.82. The molecule has 0 saturated carbocycles. The average molecular weight is 303 g/mol. The molecule has 2 atom stereocenters. The van der Waals surface area contributed by atoms with E-state index in [0.717, 1.165) is 19.6 Å². The predicted octanol–water partition coefficient (Wildman–Crippen LogP) is 4.94. The van der Waals surface area contributed by atoms with Gasteiger partial charge in [0.2, 0.25) is 0 Å². The summed E-state index contributed by atoms with van der Waals surface area (Å²) in [5, 5.41) is 0. The molecule has 2 unspecified atom stereocenters. The Hall–Kier alpha value is -0.860. The van der Waals surface area contributed by atoms with Gasteiger partial charge in [0, 0.05) is 0 Å². The molecule has 2 heteroatoms. The summed E-state index contributed by atoms with van der Waals surface area (Å²) in [4.78, 5) is 0. The van der Waals surface area contributed by atoms with Crippen LogP contribution in [0.25, 0.3) is 0 Å². The topological polar surface area (TPSA) is 35.2 Å². The summed E-state index contributed by atoms with van der Waals surface area (Å²) in [6.07, 6.45) is 10.4. The Labute approximate surface area is 136 Å². The molecule has 2 rings (SSSR count). The Morgan fingerprint density at radius 2 is 2.00 bits per heavy atom. The lowest BCUT2D eigenvalue weighted by Gasteiger charge is -2.27. The van der Waals surface area contributed by atoms with E-state index in [2.05, 4.69) is 32.0 Å². The highest BCUT2D eigenvalue weighted by atomic mass is 16.5. The van der Waals surface area contributed by atoms with E-state index in [0.29, 0.717) is 12.0 Å². The van der Waals surface area contributed by atoms with E-state index in [-0.39, 0.29) is 0 Å². The monoisotopic (exact) mass is 303 g/mol. The molecule has 2 N–H and O–H groups in total. The van der Waals surface area contributed by atoms with E-state index in [4.69, 9.17) is 10.5 Å². The Bertz CT molecular complexity index is 443. The van der Waals surface area contributed by atoms with E-state index >= 15 is 0 Å². The van der Waals surface area contributed by atoms with Gasteiger partial charge in [-0.1, -0.05) is 64.2 Å². The lowest BCUT2D eigenvalue weighted by atomic mass is 9.89. The molecule has 0 radical (unpaired) electrons. The number of nitrogens with two attached hydrogens (primary N) is 1. The van der Waals surface area contributed by atoms with Crippen molar-refractivity contribution in [2.45, 2.75) is 83.8 Å². The first-order valence-corrected chi connectivity index (χ1v) is 9.21. The van der Waals surface area contributed by atoms with E-state index < -0.39 is 0 Å². The van der Waals surface area contributed by atoms with Crippen LogP contribution in [0.4, 0.5) is 0 Å². The minimum atomic E-state index is 0.427. The fraction of sp³-hybridized carbons (Fsp3) is 0.700. The highest BCUT2D eigenvalue weighted by Gasteiger charge is 2.20. The third-order valence-electron chi connectivity index (χ3n) is 4.93. The van der Waals surface area contributed by atoms with Crippen molar-refractivity contribution in [2.75, 3.05) is 6.54 Å². The quantitative estimate of drug-likeness (QED) is 0.656. The van der Waals surface area contributed by atoms with Crippen LogP contribution in [0.3, 0.4) is 0 Å². The number of ether oxygens (including phenoxy) is 1. The Morgan fingerprint density at radius 1 is 1.14 bits per heavy atom. The Kier molecular flexibility index (Phi) is 7.41. The van der Waals surface area contributed by atoms with Crippen LogP contribution in [-0.4, -0.2) is 12.6 Å². The lowest BCUT2D eigenvalue weighted by Crippen LogP contribution is -2.23. The van der Waals surface area contributed by atoms with Gasteiger partial charge >= 0.3 is 0 Å². The van der Waals surface area contributed by atoms with Crippen LogP contribution in [0.1, 0.15) is 81.4 Å². The van der Waals surface area contributed by atoms with Gasteiger partial charge in [-0.15, -0.1) is 0 Å². The van der Waals surface area contributed by atoms with Crippen LogP contribution < -0.4 is 5.73 Å². The molecule has 2 nitrogen and oxygen atoms in total. The van der Waals surface area contributed by atoms with Crippen molar-refractivity contribution in [3.63, 3.8) is 0 Å². The summed E-state index contributed by atoms with van der Waals surface area (Å²) < 4.78 is 6.08. The molecule has 0 spiro atoms. The lowest BCUT2D eigenvalue weighted by molar-refractivity contribution is 0.0216. The largest absolute Gasteiger partial charge is 0.373 e. The maximum atomic E-state index is 6.08. The second-order valence-electron chi connectivity index (χ2n) is 6.74. The van der Waals surface area contributed by atoms with Gasteiger partial charge in [0.1, 0.15) is 0 Å². The molecular formula is C20H33NO. The summed E-state index contributed by atoms with van der Waals surface area (Å²) in [6, 6.07) is 6.96. The fourth-order valence-electron chi connectivity index (χ4n) is 3.50. The second-order valence-corrected chi connectivity index (χ2v) is 6.74. The molecular weight excluding hydrogens is 270 g/mol. The van der Waals surface area contributed by atoms with Crippen molar-refractivity contribution in [1.82, 2.24) is 0 Å². The molecule has 0 amide bonds. The van der Waals surface area contributed by atoms with Crippen molar-refractivity contribution in [1.29, 1.82) is 0 Å². The number of hydrogen-bond donors (Lipinski definition) is 1. The molecule has 1 aromatic rings. The van der Waals surface area contributed by atoms with Crippen molar-refractivity contribution < 1.29 is 4.74 Å². The van der Waals surface area contributed by atoms with Crippen molar-refractivity contribution >= 4 is 0 Å². The average Bonchev–Trinajstić information content (AvgIpc) is 2.56. The second kappa shape index (κ2) is 9.32. The number of fused-ring (bicyclic) bond motifs is 1. The molecule has 1 aliphatic rings. The zero-order valence-corrected chi connectivity index (χ0v) is 14.4. The molecule has 22 heavy (non-hydrogen) atoms. The van der Waals surface area contributed by atoms with E-state index in [1.165, 1.54) is 61.6 Å². The first kappa shape index (κ1) is 17.5. The maximum absolute atomic E-state index is 6.08. The van der Waals surface area contributed by atoms with Gasteiger partial charge in [-0.05, 0) is 48.4 Å². The van der Waals surface area contributed by atoms with Gasteiger partial charge < -0.3 is 10.5 Å². The number of benzene rings is 1. The Balaban J connectivity index is 1.93. The van der Waals surface area contributed by atoms with Crippen LogP contribution in [-0.2, 0) is 17.8 Å². The maximum Gasteiger partial charge on any atom is 0.0723 e. The summed E-state index contributed by atoms with van der Waals surface area (Å²) in [6.45, 7) is 6.02. The minimum absolute atomic E-state index is 0.427. The van der Waals surface area contributed by atoms with E-state index in [1.807, 2.05) is 0 Å². The molecule has 0 bridgehead atoms. The highest BCUT2D eigenvalue weighted by molar-refractivity contribution is 5.35. The zero-order valence-electron chi connectivity index (χ0n) is 14.4. The molecule has 0 aliphatic carbocycles. The van der Waals surface area contributed by atoms with Crippen molar-refractivity contribution in [3.05, 3.63) is 34.9 Å². The first-order valence-electron chi connectivity index (χ1n) is 9.21. The van der Waals surface area contributed by atoms with Gasteiger partial charge in [-0.25, -0.2) is 0 Å². The number of unbranched alkanes of at least 4 members (excludes halogenated alkanes) is 3. The summed E-state index contributed by atoms with van der Waals surface area (Å²) in [5.41, 5.74) is 10.2. The summed E-state index contributed by atoms with van der Waals surface area (Å²) in [5.74, 6) is 0.502. The molecule has 0 saturated heterocycles. The molecule has 1 heterocycles. The molecule has 1 aliphatic heterocycles. The predicted molar refractivity (Wildman–Crippen MR) is 94.2 cm³/mol. The molecule has 1 aromatic carbocycles. The van der Waals surface area contributed by atoms with Gasteiger partial charge in [-0.2, -0.15) is 0 Å². The van der Waals surface area contributed by atoms with Crippen LogP contribution >= 0.6 is 0 Å². The summed E-state index contributed by atoms with van der Waals surface area (Å²) >= 11 is 0. The van der Waals surface area contributed by atoms with Gasteiger partial charge in [-0.3, -0.25) is 0 Å². The van der Waals surface area contributed by atoms with Gasteiger partial charge in [0.05, 0.1) is 12.7 Å². The van der Waals surface area contributed by atoms with Crippen molar-refractivity contribution in [2.24, 2.45) is 5.73 Å². The van der Waals surface area contributed by atoms with Crippen LogP contribution in [0.15, 0.2) is 18.2 Å². The van der Waals surface area contributed by atoms with Gasteiger partial charge in [0.15, 0.2) is 0 Å². The number of hydrogen-bond acceptors (Lipinski definition) is 2. The van der Waals surface area contributed by atoms with Gasteiger partial charge in [0.25, 0.3) is 0 Å². The molecule has 124 valence electrons. The van der Waals surface area contributed by atoms with E-state index in [9.17, 15) is 0 Å². The Morgan fingerprint density at radius 3 is 2.73 bits per heavy atom. The van der Waals surface area contributed by atoms with Crippen LogP contribution in [0.2, 0.25) is 0 Å². The van der Waals surface area contributed by atoms with E-state index in [1.54, 1.807) is 0 Å².